The molecule has 0 unspecified atom stereocenters. The summed E-state index contributed by atoms with van der Waals surface area (Å²) in [4.78, 5) is 2.58. The van der Waals surface area contributed by atoms with Crippen LogP contribution in [0, 0.1) is 13.8 Å². The van der Waals surface area contributed by atoms with Crippen molar-refractivity contribution in [3.8, 4) is 5.75 Å². The highest BCUT2D eigenvalue weighted by Gasteiger charge is 2.24. The molecule has 124 valence electrons. The molecule has 3 heteroatoms. The first-order valence-corrected chi connectivity index (χ1v) is 8.79. The van der Waals surface area contributed by atoms with E-state index >= 15 is 0 Å². The fourth-order valence-electron chi connectivity index (χ4n) is 3.51. The van der Waals surface area contributed by atoms with Gasteiger partial charge in [-0.2, -0.15) is 0 Å². The Morgan fingerprint density at radius 3 is 2.23 bits per heavy atom. The first-order chi connectivity index (χ1) is 10.5. The Balaban J connectivity index is 1.85. The highest BCUT2D eigenvalue weighted by molar-refractivity contribution is 5.39. The Bertz CT molecular complexity index is 442. The number of hydrogen-bond acceptors (Lipinski definition) is 2. The second kappa shape index (κ2) is 7.98. The van der Waals surface area contributed by atoms with E-state index in [2.05, 4.69) is 50.9 Å². The Morgan fingerprint density at radius 1 is 1.09 bits per heavy atom. The summed E-state index contributed by atoms with van der Waals surface area (Å²) in [7, 11) is 2.40. The van der Waals surface area contributed by atoms with Crippen molar-refractivity contribution in [3.05, 3.63) is 29.3 Å². The molecule has 0 aliphatic carbocycles. The van der Waals surface area contributed by atoms with Gasteiger partial charge in [0.05, 0.1) is 20.1 Å². The van der Waals surface area contributed by atoms with Crippen LogP contribution in [0.3, 0.4) is 0 Å². The van der Waals surface area contributed by atoms with Crippen molar-refractivity contribution >= 4 is 0 Å². The first-order valence-electron chi connectivity index (χ1n) is 8.79. The predicted octanol–water partition coefficient (Wildman–Crippen LogP) is 3.24. The van der Waals surface area contributed by atoms with Crippen molar-refractivity contribution in [2.75, 3.05) is 52.9 Å². The van der Waals surface area contributed by atoms with Crippen LogP contribution in [0.5, 0.6) is 5.75 Å². The third kappa shape index (κ3) is 4.72. The van der Waals surface area contributed by atoms with Crippen LogP contribution in [0.15, 0.2) is 18.2 Å². The summed E-state index contributed by atoms with van der Waals surface area (Å²) in [5.74, 6) is 1.08. The molecule has 22 heavy (non-hydrogen) atoms. The van der Waals surface area contributed by atoms with Gasteiger partial charge in [0.1, 0.15) is 18.9 Å². The highest BCUT2D eigenvalue weighted by Crippen LogP contribution is 2.22. The minimum Gasteiger partial charge on any atom is -0.487 e. The van der Waals surface area contributed by atoms with Gasteiger partial charge < -0.3 is 14.1 Å². The van der Waals surface area contributed by atoms with Crippen molar-refractivity contribution in [3.63, 3.8) is 0 Å². The van der Waals surface area contributed by atoms with Gasteiger partial charge in [0, 0.05) is 25.9 Å². The Labute approximate surface area is 136 Å². The lowest BCUT2D eigenvalue weighted by atomic mass is 10.1. The monoisotopic (exact) mass is 305 g/mol. The van der Waals surface area contributed by atoms with Crippen LogP contribution in [-0.2, 0) is 0 Å². The van der Waals surface area contributed by atoms with Gasteiger partial charge >= 0.3 is 0 Å². The van der Waals surface area contributed by atoms with E-state index in [-0.39, 0.29) is 0 Å². The van der Waals surface area contributed by atoms with Crippen molar-refractivity contribution in [2.24, 2.45) is 0 Å². The highest BCUT2D eigenvalue weighted by atomic mass is 16.5. The van der Waals surface area contributed by atoms with Crippen LogP contribution in [-0.4, -0.2) is 62.3 Å². The average Bonchev–Trinajstić information content (AvgIpc) is 2.46. The number of likely N-dealkylation sites (N-methyl/N-ethyl adjacent to an activating group) is 1. The fourth-order valence-corrected chi connectivity index (χ4v) is 3.51. The zero-order valence-corrected chi connectivity index (χ0v) is 14.9. The largest absolute Gasteiger partial charge is 0.487 e. The minimum atomic E-state index is 0.819. The molecule has 1 aliphatic heterocycles. The van der Waals surface area contributed by atoms with Gasteiger partial charge in [0.15, 0.2) is 0 Å². The second-order valence-electron chi connectivity index (χ2n) is 7.00. The number of quaternary nitrogens is 1. The molecule has 2 rings (SSSR count). The third-order valence-electron chi connectivity index (χ3n) is 5.08. The van der Waals surface area contributed by atoms with Gasteiger partial charge in [0.25, 0.3) is 0 Å². The Morgan fingerprint density at radius 2 is 1.68 bits per heavy atom. The number of rotatable bonds is 5. The average molecular weight is 305 g/mol. The summed E-state index contributed by atoms with van der Waals surface area (Å²) in [6.45, 7) is 14.7. The molecule has 1 aromatic rings. The molecule has 0 bridgehead atoms. The molecule has 0 spiro atoms. The number of hydrogen-bond donors (Lipinski definition) is 0. The molecule has 0 aromatic heterocycles. The van der Waals surface area contributed by atoms with Crippen LogP contribution in [0.25, 0.3) is 0 Å². The number of ether oxygens (including phenoxy) is 1. The molecule has 0 atom stereocenters. The quantitative estimate of drug-likeness (QED) is 0.774. The second-order valence-corrected chi connectivity index (χ2v) is 7.00. The zero-order valence-electron chi connectivity index (χ0n) is 14.9. The molecule has 1 heterocycles. The predicted molar refractivity (Wildman–Crippen MR) is 93.5 cm³/mol. The number of benzene rings is 1. The van der Waals surface area contributed by atoms with Crippen LogP contribution < -0.4 is 4.74 Å². The van der Waals surface area contributed by atoms with Crippen molar-refractivity contribution in [1.82, 2.24) is 4.90 Å². The van der Waals surface area contributed by atoms with Crippen molar-refractivity contribution < 1.29 is 9.22 Å². The van der Waals surface area contributed by atoms with E-state index in [1.165, 1.54) is 56.7 Å². The van der Waals surface area contributed by atoms with Crippen LogP contribution in [0.2, 0.25) is 0 Å². The maximum Gasteiger partial charge on any atom is 0.137 e. The van der Waals surface area contributed by atoms with Gasteiger partial charge in [-0.15, -0.1) is 0 Å². The van der Waals surface area contributed by atoms with Crippen LogP contribution in [0.1, 0.15) is 30.9 Å². The molecular weight excluding hydrogens is 272 g/mol. The van der Waals surface area contributed by atoms with E-state index in [0.29, 0.717) is 0 Å². The molecule has 0 amide bonds. The molecule has 0 N–H and O–H groups in total. The maximum absolute atomic E-state index is 6.12. The summed E-state index contributed by atoms with van der Waals surface area (Å²) in [5.41, 5.74) is 2.49. The van der Waals surface area contributed by atoms with E-state index in [1.54, 1.807) is 0 Å². The molecule has 3 nitrogen and oxygen atoms in total. The normalized spacial score (nSPS) is 19.5. The molecule has 1 fully saturated rings. The Hall–Kier alpha value is -1.06. The van der Waals surface area contributed by atoms with E-state index in [9.17, 15) is 0 Å². The van der Waals surface area contributed by atoms with Crippen molar-refractivity contribution in [1.29, 1.82) is 0 Å². The molecule has 1 saturated heterocycles. The summed E-state index contributed by atoms with van der Waals surface area (Å²) < 4.78 is 7.28. The van der Waals surface area contributed by atoms with Gasteiger partial charge in [-0.1, -0.05) is 25.1 Å². The summed E-state index contributed by atoms with van der Waals surface area (Å²) >= 11 is 0. The summed E-state index contributed by atoms with van der Waals surface area (Å²) in [6, 6.07) is 6.37. The first kappa shape index (κ1) is 17.3. The molecular formula is C19H33N2O+. The number of nitrogens with zero attached hydrogens (tertiary/aromatic N) is 2. The molecule has 0 radical (unpaired) electrons. The van der Waals surface area contributed by atoms with Gasteiger partial charge in [-0.05, 0) is 31.5 Å². The van der Waals surface area contributed by atoms with Gasteiger partial charge in [-0.3, -0.25) is 0 Å². The molecule has 0 saturated carbocycles. The number of para-hydroxylation sites is 1. The van der Waals surface area contributed by atoms with Crippen LogP contribution in [0.4, 0.5) is 0 Å². The summed E-state index contributed by atoms with van der Waals surface area (Å²) in [5, 5.41) is 0. The van der Waals surface area contributed by atoms with Crippen molar-refractivity contribution in [2.45, 2.75) is 33.6 Å². The smallest absolute Gasteiger partial charge is 0.137 e. The van der Waals surface area contributed by atoms with E-state index in [4.69, 9.17) is 4.74 Å². The third-order valence-corrected chi connectivity index (χ3v) is 5.08. The standard InChI is InChI=1S/C19H33N2O/c1-5-20-11-7-13-21(4,14-8-12-20)15-16-22-19-17(2)9-6-10-18(19)3/h6,9-10H,5,7-8,11-16H2,1-4H3/q+1. The fraction of sp³-hybridized carbons (Fsp3) is 0.684. The zero-order chi connectivity index (χ0) is 16.0. The maximum atomic E-state index is 6.12. The van der Waals surface area contributed by atoms with E-state index in [0.717, 1.165) is 23.4 Å². The molecule has 1 aliphatic rings. The van der Waals surface area contributed by atoms with Crippen LogP contribution >= 0.6 is 0 Å². The lowest BCUT2D eigenvalue weighted by molar-refractivity contribution is -0.910. The summed E-state index contributed by atoms with van der Waals surface area (Å²) in [6.07, 6.45) is 2.60. The van der Waals surface area contributed by atoms with E-state index < -0.39 is 0 Å². The minimum absolute atomic E-state index is 0.819. The molecule has 1 aromatic carbocycles. The number of aryl methyl sites for hydroxylation is 2. The lowest BCUT2D eigenvalue weighted by Crippen LogP contribution is -2.51. The Kier molecular flexibility index (Phi) is 6.27. The SMILES string of the molecule is CCN1CCC[N+](C)(CCOc2c(C)cccc2C)CCC1. The topological polar surface area (TPSA) is 12.5 Å². The lowest BCUT2D eigenvalue weighted by Gasteiger charge is -2.38. The van der Waals surface area contributed by atoms with Gasteiger partial charge in [0.2, 0.25) is 0 Å². The van der Waals surface area contributed by atoms with Gasteiger partial charge in [-0.25, -0.2) is 0 Å². The van der Waals surface area contributed by atoms with E-state index in [1.807, 2.05) is 0 Å².